The summed E-state index contributed by atoms with van der Waals surface area (Å²) >= 11 is 12.6. The van der Waals surface area contributed by atoms with E-state index in [2.05, 4.69) is 118 Å². The minimum absolute atomic E-state index is 0. The summed E-state index contributed by atoms with van der Waals surface area (Å²) in [5.74, 6) is -0.179. The molecular weight excluding hydrogens is 1700 g/mol. The van der Waals surface area contributed by atoms with E-state index in [0.717, 1.165) is 148 Å². The van der Waals surface area contributed by atoms with Crippen LogP contribution in [0.25, 0.3) is 95.1 Å². The maximum Gasteiger partial charge on any atom is 0.407 e. The number of Topliss-reactive ketones (excluding diaryl/α,β-unsaturated/α-hetero) is 3. The summed E-state index contributed by atoms with van der Waals surface area (Å²) in [6.45, 7) is 11.9. The molecule has 0 radical (unpaired) electrons. The Balaban J connectivity index is 0.000000162. The Morgan fingerprint density at radius 1 is 0.427 bits per heavy atom. The van der Waals surface area contributed by atoms with Crippen molar-refractivity contribution in [1.29, 1.82) is 0 Å². The van der Waals surface area contributed by atoms with E-state index in [1.54, 1.807) is 96.8 Å². The number of carbonyl (C=O) groups excluding carboxylic acids is 5. The Hall–Kier alpha value is -11.4. The maximum atomic E-state index is 12.1. The van der Waals surface area contributed by atoms with Crippen LogP contribution in [0.3, 0.4) is 0 Å². The SMILES string of the molecule is CCc1nc(-c2ccccc2)sc1-c1cc(C(C)=O)n[nH]1.CCc1nc(-c2ccccc2)sc1-c1cc(C(C)=O)n[nH]1.CCc1nc(-c2ccccc2)sc1-c1cc(CNC(=O)OC)[nH]n1.COCc1nc(-c2ccccc2)sc1-c1cc(C(C)=O)n[nH]1.COCc1nc(-c2ccccc2)sc1C(=O)N(C)C.I.NC(=S)c1ccccc1. The van der Waals surface area contributed by atoms with Gasteiger partial charge in [-0.05, 0) is 43.5 Å². The van der Waals surface area contributed by atoms with Gasteiger partial charge in [-0.2, -0.15) is 20.4 Å². The van der Waals surface area contributed by atoms with Gasteiger partial charge in [0.05, 0.1) is 97.6 Å². The van der Waals surface area contributed by atoms with Gasteiger partial charge < -0.3 is 30.2 Å². The Bertz CT molecular complexity index is 5570. The summed E-state index contributed by atoms with van der Waals surface area (Å²) in [6, 6.07) is 67.0. The van der Waals surface area contributed by atoms with Crippen LogP contribution in [0.4, 0.5) is 4.79 Å². The molecular formula is C86H87IN16O8S6. The summed E-state index contributed by atoms with van der Waals surface area (Å²) in [5.41, 5.74) is 21.8. The van der Waals surface area contributed by atoms with Crippen LogP contribution in [-0.4, -0.2) is 140 Å². The molecule has 7 N–H and O–H groups in total. The monoisotopic (exact) mass is 1790 g/mol. The van der Waals surface area contributed by atoms with E-state index in [0.29, 0.717) is 52.4 Å². The fourth-order valence-electron chi connectivity index (χ4n) is 10.9. The molecule has 15 aromatic rings. The number of aromatic amines is 4. The third-order valence-corrected chi connectivity index (χ3v) is 22.9. The van der Waals surface area contributed by atoms with Gasteiger partial charge in [-0.1, -0.05) is 215 Å². The predicted molar refractivity (Wildman–Crippen MR) is 483 cm³/mol. The molecule has 0 unspecified atom stereocenters. The first-order valence-corrected chi connectivity index (χ1v) is 41.1. The van der Waals surface area contributed by atoms with Crippen molar-refractivity contribution in [2.45, 2.75) is 80.6 Å². The number of thiazole rings is 5. The summed E-state index contributed by atoms with van der Waals surface area (Å²) in [7, 11) is 8.05. The van der Waals surface area contributed by atoms with E-state index >= 15 is 0 Å². The smallest absolute Gasteiger partial charge is 0.407 e. The number of alkyl carbamates (subject to hydrolysis) is 1. The van der Waals surface area contributed by atoms with Gasteiger partial charge in [0.15, 0.2) is 17.3 Å². The number of H-pyrrole nitrogens is 4. The van der Waals surface area contributed by atoms with Crippen molar-refractivity contribution in [1.82, 2.24) is 75.9 Å². The lowest BCUT2D eigenvalue weighted by molar-refractivity contribution is 0.0826. The second-order valence-electron chi connectivity index (χ2n) is 25.5. The molecule has 0 saturated carbocycles. The third kappa shape index (κ3) is 24.6. The molecule has 0 bridgehead atoms. The molecule has 117 heavy (non-hydrogen) atoms. The summed E-state index contributed by atoms with van der Waals surface area (Å²) in [5, 5.41) is 35.6. The van der Waals surface area contributed by atoms with Crippen molar-refractivity contribution in [2.75, 3.05) is 35.4 Å². The second-order valence-corrected chi connectivity index (χ2v) is 30.9. The van der Waals surface area contributed by atoms with Crippen LogP contribution < -0.4 is 11.1 Å². The highest BCUT2D eigenvalue weighted by Crippen LogP contribution is 2.40. The zero-order chi connectivity index (χ0) is 82.6. The number of benzene rings is 6. The van der Waals surface area contributed by atoms with Crippen LogP contribution >= 0.6 is 92.9 Å². The number of ether oxygens (including phenoxy) is 3. The molecule has 6 aromatic carbocycles. The van der Waals surface area contributed by atoms with Gasteiger partial charge in [0.25, 0.3) is 5.91 Å². The first-order chi connectivity index (χ1) is 56.2. The van der Waals surface area contributed by atoms with Gasteiger partial charge >= 0.3 is 6.09 Å². The number of halogens is 1. The average molecular weight is 1790 g/mol. The lowest BCUT2D eigenvalue weighted by Gasteiger charge is -2.08. The predicted octanol–water partition coefficient (Wildman–Crippen LogP) is 19.7. The summed E-state index contributed by atoms with van der Waals surface area (Å²) < 4.78 is 14.9. The van der Waals surface area contributed by atoms with Crippen LogP contribution in [0.15, 0.2) is 206 Å². The number of amides is 2. The van der Waals surface area contributed by atoms with Crippen LogP contribution in [-0.2, 0) is 53.2 Å². The number of rotatable bonds is 23. The number of carbonyl (C=O) groups is 5. The minimum atomic E-state index is -0.468. The van der Waals surface area contributed by atoms with Gasteiger partial charge in [0.1, 0.15) is 57.7 Å². The molecule has 24 nitrogen and oxygen atoms in total. The largest absolute Gasteiger partial charge is 0.453 e. The normalized spacial score (nSPS) is 10.5. The Labute approximate surface area is 720 Å². The van der Waals surface area contributed by atoms with Crippen LogP contribution in [0.2, 0.25) is 0 Å². The molecule has 15 rings (SSSR count). The molecule has 0 spiro atoms. The Morgan fingerprint density at radius 2 is 0.744 bits per heavy atom. The number of methoxy groups -OCH3 is 3. The fourth-order valence-corrected chi connectivity index (χ4v) is 16.6. The van der Waals surface area contributed by atoms with E-state index in [9.17, 15) is 24.0 Å². The number of nitrogens with zero attached hydrogens (tertiary/aromatic N) is 10. The number of nitrogens with one attached hydrogen (secondary N) is 5. The number of aryl methyl sites for hydroxylation is 3. The number of thiocarbonyl (C=S) groups is 1. The number of hydrogen-bond donors (Lipinski definition) is 6. The number of ketones is 3. The zero-order valence-corrected chi connectivity index (χ0v) is 73.3. The molecule has 0 aliphatic heterocycles. The molecule has 9 heterocycles. The topological polar surface area (TPSA) is 334 Å². The number of nitrogens with two attached hydrogens (primary N) is 1. The molecule has 0 aliphatic rings. The highest BCUT2D eigenvalue weighted by molar-refractivity contribution is 14.0. The van der Waals surface area contributed by atoms with Crippen molar-refractivity contribution in [3.05, 3.63) is 268 Å². The van der Waals surface area contributed by atoms with E-state index in [4.69, 9.17) is 42.4 Å². The maximum absolute atomic E-state index is 12.1. The first kappa shape index (κ1) is 89.5. The molecule has 2 amide bonds. The molecule has 0 atom stereocenters. The van der Waals surface area contributed by atoms with Crippen molar-refractivity contribution < 1.29 is 38.2 Å². The molecule has 9 aromatic heterocycles. The molecule has 0 saturated heterocycles. The standard InChI is InChI=1S/C17H18N4O2S.C16H15N3O2S.2C16H15N3OS.C14H16N2O2S.C7H7NS.HI/c1-3-13-15(24-16(19-13)11-7-5-4-6-8-11)14-9-12(20-21-14)10-18-17(22)23-2;1-10(20)12-8-13(19-18-12)15-14(9-21-2)17-16(22-15)11-6-4-3-5-7-11;2*1-3-12-15(14-9-13(10(2)20)18-19-14)21-16(17-12)11-7-5-4-6-8-11;1-16(2)14(17)12-11(9-18-3)15-13(19-12)10-7-5-4-6-8-10;8-7(9)6-4-2-1-3-5-6;/h4-9H,3,10H2,1-2H3,(H,18,22)(H,20,21);3-8H,9H2,1-2H3,(H,18,19);2*4-9H,3H2,1-2H3,(H,18,19);4-8H,9H2,1-3H3;1-5H,(H2,8,9);1H. The molecule has 602 valence electrons. The lowest BCUT2D eigenvalue weighted by atomic mass is 10.2. The summed E-state index contributed by atoms with van der Waals surface area (Å²) in [6.07, 6.45) is 2.05. The fraction of sp³-hybridized carbons (Fsp3) is 0.198. The van der Waals surface area contributed by atoms with Crippen molar-refractivity contribution in [3.63, 3.8) is 0 Å². The van der Waals surface area contributed by atoms with E-state index in [1.165, 1.54) is 39.2 Å². The van der Waals surface area contributed by atoms with Crippen LogP contribution in [0.5, 0.6) is 0 Å². The Morgan fingerprint density at radius 3 is 1.06 bits per heavy atom. The van der Waals surface area contributed by atoms with Crippen molar-refractivity contribution >= 4 is 127 Å². The van der Waals surface area contributed by atoms with Crippen LogP contribution in [0, 0.1) is 0 Å². The average Bonchev–Trinajstić information content (AvgIpc) is 1.68. The highest BCUT2D eigenvalue weighted by atomic mass is 127. The van der Waals surface area contributed by atoms with E-state index < -0.39 is 6.09 Å². The van der Waals surface area contributed by atoms with E-state index in [1.807, 2.05) is 152 Å². The van der Waals surface area contributed by atoms with Gasteiger partial charge in [-0.15, -0.1) is 80.7 Å². The van der Waals surface area contributed by atoms with Crippen molar-refractivity contribution in [2.24, 2.45) is 5.73 Å². The second kappa shape index (κ2) is 44.6. The minimum Gasteiger partial charge on any atom is -0.453 e. The first-order valence-electron chi connectivity index (χ1n) is 36.6. The van der Waals surface area contributed by atoms with E-state index in [-0.39, 0.29) is 47.2 Å². The van der Waals surface area contributed by atoms with Crippen LogP contribution in [0.1, 0.15) is 122 Å². The quantitative estimate of drug-likeness (QED) is 0.0197. The highest BCUT2D eigenvalue weighted by Gasteiger charge is 2.23. The molecule has 0 fully saturated rings. The third-order valence-electron chi connectivity index (χ3n) is 16.8. The number of aromatic nitrogens is 13. The van der Waals surface area contributed by atoms with Gasteiger partial charge in [0, 0.05) is 82.5 Å². The van der Waals surface area contributed by atoms with Gasteiger partial charge in [0.2, 0.25) is 0 Å². The molecule has 31 heteroatoms. The van der Waals surface area contributed by atoms with Crippen molar-refractivity contribution in [3.8, 4) is 95.1 Å². The van der Waals surface area contributed by atoms with Gasteiger partial charge in [-0.25, -0.2) is 29.7 Å². The summed E-state index contributed by atoms with van der Waals surface area (Å²) in [4.78, 5) is 87.5. The molecule has 0 aliphatic carbocycles. The number of hydrogen-bond acceptors (Lipinski definition) is 23. The lowest BCUT2D eigenvalue weighted by Crippen LogP contribution is -2.22. The van der Waals surface area contributed by atoms with Gasteiger partial charge in [-0.3, -0.25) is 39.6 Å². The zero-order valence-electron chi connectivity index (χ0n) is 66.0. The Kier molecular flexibility index (Phi) is 34.2.